The summed E-state index contributed by atoms with van der Waals surface area (Å²) in [5.74, 6) is 0. The summed E-state index contributed by atoms with van der Waals surface area (Å²) in [6.07, 6.45) is 0. The van der Waals surface area contributed by atoms with Crippen molar-refractivity contribution < 1.29 is 0 Å². The van der Waals surface area contributed by atoms with Crippen molar-refractivity contribution in [3.63, 3.8) is 0 Å². The third-order valence-corrected chi connectivity index (χ3v) is 11.3. The highest BCUT2D eigenvalue weighted by atomic mass is 15.0. The van der Waals surface area contributed by atoms with Crippen LogP contribution in [-0.4, -0.2) is 20.2 Å². The first-order chi connectivity index (χ1) is 22.9. The Bertz CT molecular complexity index is 3190. The van der Waals surface area contributed by atoms with Crippen LogP contribution < -0.4 is 16.4 Å². The molecule has 0 unspecified atom stereocenters. The van der Waals surface area contributed by atoms with Gasteiger partial charge < -0.3 is 13.5 Å². The van der Waals surface area contributed by atoms with Crippen LogP contribution in [0.2, 0.25) is 0 Å². The molecule has 0 atom stereocenters. The second-order valence-corrected chi connectivity index (χ2v) is 13.2. The Morgan fingerprint density at radius 3 is 1.72 bits per heavy atom. The number of hydrogen-bond acceptors (Lipinski definition) is 0. The minimum absolute atomic E-state index is 0.0919. The number of fused-ring (bicyclic) bond motifs is 12. The van der Waals surface area contributed by atoms with Crippen molar-refractivity contribution >= 4 is 105 Å². The highest BCUT2D eigenvalue weighted by molar-refractivity contribution is 7.02. The van der Waals surface area contributed by atoms with Gasteiger partial charge in [0.25, 0.3) is 6.71 Å². The van der Waals surface area contributed by atoms with Crippen molar-refractivity contribution in [2.45, 2.75) is 0 Å². The van der Waals surface area contributed by atoms with E-state index in [0.717, 1.165) is 0 Å². The first-order valence-corrected chi connectivity index (χ1v) is 16.2. The fraction of sp³-hybridized carbons (Fsp3) is 0. The molecule has 46 heavy (non-hydrogen) atoms. The lowest BCUT2D eigenvalue weighted by atomic mass is 9.34. The van der Waals surface area contributed by atoms with Gasteiger partial charge in [-0.05, 0) is 52.8 Å². The standard InChI is InChI=1S/C42H22BN3/c1-2-10-23(11-3-1)44-33-18-6-4-12-24(33)30-22-31-25-13-5-7-19-34(25)45-35-21-20-29-27-15-8-14-26-28-16-9-17-32-39(28)46(38(26)27)40(29)36(35)43(32)37(41(30)44)42(31)45/h1-22H. The van der Waals surface area contributed by atoms with E-state index in [4.69, 9.17) is 0 Å². The third-order valence-electron chi connectivity index (χ3n) is 11.3. The number of benzene rings is 7. The fourth-order valence-corrected chi connectivity index (χ4v) is 9.78. The highest BCUT2D eigenvalue weighted by Gasteiger charge is 2.42. The lowest BCUT2D eigenvalue weighted by molar-refractivity contribution is 1.17. The molecule has 4 heteroatoms. The lowest BCUT2D eigenvalue weighted by Crippen LogP contribution is -2.58. The van der Waals surface area contributed by atoms with Crippen LogP contribution >= 0.6 is 0 Å². The zero-order valence-electron chi connectivity index (χ0n) is 24.6. The first-order valence-electron chi connectivity index (χ1n) is 16.2. The molecule has 0 fully saturated rings. The summed E-state index contributed by atoms with van der Waals surface area (Å²) in [6, 6.07) is 50.1. The number of para-hydroxylation sites is 5. The van der Waals surface area contributed by atoms with E-state index in [9.17, 15) is 0 Å². The maximum Gasteiger partial charge on any atom is 0.255 e. The molecule has 0 spiro atoms. The molecule has 0 N–H and O–H groups in total. The van der Waals surface area contributed by atoms with Crippen LogP contribution in [0.5, 0.6) is 0 Å². The highest BCUT2D eigenvalue weighted by Crippen LogP contribution is 2.45. The second-order valence-electron chi connectivity index (χ2n) is 13.2. The molecule has 0 bridgehead atoms. The van der Waals surface area contributed by atoms with Gasteiger partial charge in [-0.25, -0.2) is 0 Å². The van der Waals surface area contributed by atoms with Crippen LogP contribution in [0.15, 0.2) is 133 Å². The molecule has 0 amide bonds. The van der Waals surface area contributed by atoms with E-state index in [-0.39, 0.29) is 6.71 Å². The predicted molar refractivity (Wildman–Crippen MR) is 194 cm³/mol. The van der Waals surface area contributed by atoms with Gasteiger partial charge in [-0.3, -0.25) is 0 Å². The normalized spacial score (nSPS) is 13.6. The van der Waals surface area contributed by atoms with E-state index in [1.165, 1.54) is 109 Å². The average molecular weight is 579 g/mol. The predicted octanol–water partition coefficient (Wildman–Crippen LogP) is 8.17. The monoisotopic (exact) mass is 579 g/mol. The fourth-order valence-electron chi connectivity index (χ4n) is 9.78. The summed E-state index contributed by atoms with van der Waals surface area (Å²) in [5, 5.41) is 10.7. The summed E-state index contributed by atoms with van der Waals surface area (Å²) in [7, 11) is 0. The van der Waals surface area contributed by atoms with Crippen molar-refractivity contribution in [3.05, 3.63) is 133 Å². The van der Waals surface area contributed by atoms with Gasteiger partial charge in [-0.1, -0.05) is 97.1 Å². The van der Waals surface area contributed by atoms with Crippen LogP contribution in [0.4, 0.5) is 0 Å². The molecule has 13 rings (SSSR count). The van der Waals surface area contributed by atoms with E-state index in [1.54, 1.807) is 0 Å². The largest absolute Gasteiger partial charge is 0.310 e. The molecule has 0 aliphatic carbocycles. The van der Waals surface area contributed by atoms with Crippen molar-refractivity contribution in [3.8, 4) is 11.4 Å². The zero-order chi connectivity index (χ0) is 29.4. The van der Waals surface area contributed by atoms with Crippen LogP contribution in [-0.2, 0) is 0 Å². The van der Waals surface area contributed by atoms with Crippen LogP contribution in [0, 0.1) is 0 Å². The van der Waals surface area contributed by atoms with Gasteiger partial charge in [0, 0.05) is 60.0 Å². The Balaban J connectivity index is 1.38. The number of nitrogens with zero attached hydrogens (tertiary/aromatic N) is 3. The molecule has 3 nitrogen and oxygen atoms in total. The molecular weight excluding hydrogens is 557 g/mol. The molecule has 6 heterocycles. The molecule has 7 aromatic carbocycles. The van der Waals surface area contributed by atoms with Gasteiger partial charge in [-0.2, -0.15) is 0 Å². The molecule has 2 aliphatic heterocycles. The minimum Gasteiger partial charge on any atom is -0.310 e. The number of aromatic nitrogens is 3. The third kappa shape index (κ3) is 2.22. The van der Waals surface area contributed by atoms with Crippen LogP contribution in [0.1, 0.15) is 0 Å². The SMILES string of the molecule is c1ccc(-n2c3ccccc3c3cc4c5ccccc5n5c4c(c32)B2c3cccc4c6cccc7c8ccc-5c2c8n(c34)c67)cc1. The summed E-state index contributed by atoms with van der Waals surface area (Å²) in [6.45, 7) is 0.0919. The zero-order valence-corrected chi connectivity index (χ0v) is 24.6. The van der Waals surface area contributed by atoms with Gasteiger partial charge in [-0.15, -0.1) is 0 Å². The van der Waals surface area contributed by atoms with E-state index in [1.807, 2.05) is 0 Å². The first kappa shape index (κ1) is 22.5. The summed E-state index contributed by atoms with van der Waals surface area (Å²) >= 11 is 0. The van der Waals surface area contributed by atoms with Gasteiger partial charge in [0.05, 0.1) is 33.1 Å². The van der Waals surface area contributed by atoms with Crippen LogP contribution in [0.25, 0.3) is 93.1 Å². The maximum absolute atomic E-state index is 2.61. The summed E-state index contributed by atoms with van der Waals surface area (Å²) in [4.78, 5) is 0. The average Bonchev–Trinajstić information content (AvgIpc) is 3.84. The second kappa shape index (κ2) is 7.27. The molecular formula is C42H22BN3. The Kier molecular flexibility index (Phi) is 3.56. The van der Waals surface area contributed by atoms with Gasteiger partial charge >= 0.3 is 0 Å². The van der Waals surface area contributed by atoms with Crippen molar-refractivity contribution in [2.24, 2.45) is 0 Å². The summed E-state index contributed by atoms with van der Waals surface area (Å²) < 4.78 is 7.74. The van der Waals surface area contributed by atoms with E-state index in [0.29, 0.717) is 0 Å². The molecule has 11 aromatic rings. The van der Waals surface area contributed by atoms with Gasteiger partial charge in [0.1, 0.15) is 0 Å². The quantitative estimate of drug-likeness (QED) is 0.174. The van der Waals surface area contributed by atoms with E-state index in [2.05, 4.69) is 147 Å². The number of rotatable bonds is 1. The van der Waals surface area contributed by atoms with Crippen molar-refractivity contribution in [1.82, 2.24) is 13.5 Å². The van der Waals surface area contributed by atoms with E-state index < -0.39 is 0 Å². The molecule has 2 aliphatic rings. The molecule has 0 saturated heterocycles. The van der Waals surface area contributed by atoms with E-state index >= 15 is 0 Å². The maximum atomic E-state index is 2.61. The van der Waals surface area contributed by atoms with Gasteiger partial charge in [0.15, 0.2) is 0 Å². The van der Waals surface area contributed by atoms with Crippen molar-refractivity contribution in [1.29, 1.82) is 0 Å². The van der Waals surface area contributed by atoms with Gasteiger partial charge in [0.2, 0.25) is 0 Å². The molecule has 0 saturated carbocycles. The molecule has 0 radical (unpaired) electrons. The van der Waals surface area contributed by atoms with Crippen LogP contribution in [0.3, 0.4) is 0 Å². The Hall–Kier alpha value is -6.00. The minimum atomic E-state index is 0.0919. The van der Waals surface area contributed by atoms with Crippen molar-refractivity contribution in [2.75, 3.05) is 0 Å². The topological polar surface area (TPSA) is 14.3 Å². The summed E-state index contributed by atoms with van der Waals surface area (Å²) in [5.41, 5.74) is 16.0. The molecule has 208 valence electrons. The molecule has 4 aromatic heterocycles. The smallest absolute Gasteiger partial charge is 0.255 e. The Labute approximate surface area is 262 Å². The lowest BCUT2D eigenvalue weighted by Gasteiger charge is -2.31. The number of hydrogen-bond donors (Lipinski definition) is 0. The Morgan fingerprint density at radius 2 is 0.957 bits per heavy atom. The Morgan fingerprint density at radius 1 is 0.370 bits per heavy atom.